The van der Waals surface area contributed by atoms with Gasteiger partial charge in [0, 0.05) is 19.2 Å². The average Bonchev–Trinajstić information content (AvgIpc) is 2.96. The van der Waals surface area contributed by atoms with Crippen LogP contribution in [0, 0.1) is 20.8 Å². The first-order valence-electron chi connectivity index (χ1n) is 7.38. The molecule has 124 valence electrons. The Morgan fingerprint density at radius 3 is 2.57 bits per heavy atom. The normalized spacial score (nSPS) is 10.8. The molecule has 0 fully saturated rings. The maximum atomic E-state index is 11.9. The summed E-state index contributed by atoms with van der Waals surface area (Å²) >= 11 is 0. The highest BCUT2D eigenvalue weighted by Crippen LogP contribution is 2.15. The van der Waals surface area contributed by atoms with Crippen molar-refractivity contribution in [2.24, 2.45) is 7.05 Å². The highest BCUT2D eigenvalue weighted by molar-refractivity contribution is 5.88. The van der Waals surface area contributed by atoms with E-state index in [1.165, 1.54) is 6.07 Å². The number of carbonyl (C=O) groups excluding carboxylic acids is 1. The molecule has 0 radical (unpaired) electrons. The van der Waals surface area contributed by atoms with E-state index < -0.39 is 5.97 Å². The highest BCUT2D eigenvalue weighted by Gasteiger charge is 2.15. The molecule has 2 aromatic heterocycles. The number of aromatic carboxylic acids is 1. The van der Waals surface area contributed by atoms with Crippen LogP contribution in [0.4, 0.5) is 0 Å². The van der Waals surface area contributed by atoms with Gasteiger partial charge < -0.3 is 14.8 Å². The molecule has 7 nitrogen and oxygen atoms in total. The van der Waals surface area contributed by atoms with E-state index in [1.807, 2.05) is 25.6 Å². The standard InChI is InChI=1S/C16H21N3O4/c1-9-13(10(2)19(4)18-9)5-6-15(20)17-8-12-7-14(16(21)22)11(3)23-12/h7H,5-6,8H2,1-4H3,(H,17,20)(H,21,22). The van der Waals surface area contributed by atoms with E-state index in [0.717, 1.165) is 17.0 Å². The summed E-state index contributed by atoms with van der Waals surface area (Å²) in [6, 6.07) is 1.44. The van der Waals surface area contributed by atoms with Crippen molar-refractivity contribution in [1.82, 2.24) is 15.1 Å². The molecule has 0 atom stereocenters. The predicted molar refractivity (Wildman–Crippen MR) is 83.3 cm³/mol. The third-order valence-electron chi connectivity index (χ3n) is 3.92. The Labute approximate surface area is 134 Å². The van der Waals surface area contributed by atoms with Gasteiger partial charge in [-0.15, -0.1) is 0 Å². The Hall–Kier alpha value is -2.57. The summed E-state index contributed by atoms with van der Waals surface area (Å²) < 4.78 is 7.13. The van der Waals surface area contributed by atoms with E-state index in [1.54, 1.807) is 6.92 Å². The van der Waals surface area contributed by atoms with Crippen LogP contribution >= 0.6 is 0 Å². The van der Waals surface area contributed by atoms with Gasteiger partial charge in [-0.3, -0.25) is 9.48 Å². The minimum Gasteiger partial charge on any atom is -0.478 e. The fourth-order valence-corrected chi connectivity index (χ4v) is 2.54. The average molecular weight is 319 g/mol. The number of nitrogens with one attached hydrogen (secondary N) is 1. The van der Waals surface area contributed by atoms with Crippen molar-refractivity contribution in [3.8, 4) is 0 Å². The smallest absolute Gasteiger partial charge is 0.339 e. The number of aryl methyl sites for hydroxylation is 3. The van der Waals surface area contributed by atoms with Crippen molar-refractivity contribution in [1.29, 1.82) is 0 Å². The van der Waals surface area contributed by atoms with E-state index in [9.17, 15) is 9.59 Å². The number of rotatable bonds is 6. The van der Waals surface area contributed by atoms with Gasteiger partial charge in [0.1, 0.15) is 17.1 Å². The number of hydrogen-bond acceptors (Lipinski definition) is 4. The number of hydrogen-bond donors (Lipinski definition) is 2. The first-order valence-corrected chi connectivity index (χ1v) is 7.38. The zero-order chi connectivity index (χ0) is 17.1. The lowest BCUT2D eigenvalue weighted by atomic mass is 10.1. The van der Waals surface area contributed by atoms with E-state index >= 15 is 0 Å². The molecule has 1 amide bonds. The fourth-order valence-electron chi connectivity index (χ4n) is 2.54. The van der Waals surface area contributed by atoms with Crippen molar-refractivity contribution in [2.45, 2.75) is 40.2 Å². The maximum absolute atomic E-state index is 11.9. The summed E-state index contributed by atoms with van der Waals surface area (Å²) in [6.45, 7) is 5.67. The SMILES string of the molecule is Cc1nn(C)c(C)c1CCC(=O)NCc1cc(C(=O)O)c(C)o1. The van der Waals surface area contributed by atoms with Crippen molar-refractivity contribution in [3.63, 3.8) is 0 Å². The van der Waals surface area contributed by atoms with Gasteiger partial charge in [-0.1, -0.05) is 0 Å². The van der Waals surface area contributed by atoms with Crippen LogP contribution in [-0.4, -0.2) is 26.8 Å². The van der Waals surface area contributed by atoms with Gasteiger partial charge in [0.05, 0.1) is 12.2 Å². The summed E-state index contributed by atoms with van der Waals surface area (Å²) in [5.41, 5.74) is 3.20. The van der Waals surface area contributed by atoms with Crippen molar-refractivity contribution >= 4 is 11.9 Å². The first kappa shape index (κ1) is 16.8. The first-order chi connectivity index (χ1) is 10.8. The minimum atomic E-state index is -1.04. The molecule has 23 heavy (non-hydrogen) atoms. The lowest BCUT2D eigenvalue weighted by Gasteiger charge is -2.04. The third kappa shape index (κ3) is 3.80. The molecule has 0 unspecified atom stereocenters. The van der Waals surface area contributed by atoms with Crippen LogP contribution in [0.2, 0.25) is 0 Å². The number of aromatic nitrogens is 2. The van der Waals surface area contributed by atoms with Crippen LogP contribution in [0.25, 0.3) is 0 Å². The molecular formula is C16H21N3O4. The molecule has 0 saturated heterocycles. The van der Waals surface area contributed by atoms with Gasteiger partial charge in [0.15, 0.2) is 0 Å². The summed E-state index contributed by atoms with van der Waals surface area (Å²) in [4.78, 5) is 22.9. The third-order valence-corrected chi connectivity index (χ3v) is 3.92. The van der Waals surface area contributed by atoms with Gasteiger partial charge >= 0.3 is 5.97 Å². The Morgan fingerprint density at radius 2 is 2.04 bits per heavy atom. The van der Waals surface area contributed by atoms with Crippen LogP contribution in [0.3, 0.4) is 0 Å². The molecule has 0 spiro atoms. The molecule has 0 aliphatic rings. The van der Waals surface area contributed by atoms with Crippen LogP contribution in [0.1, 0.15) is 45.3 Å². The van der Waals surface area contributed by atoms with Crippen LogP contribution in [0.15, 0.2) is 10.5 Å². The zero-order valence-electron chi connectivity index (χ0n) is 13.8. The van der Waals surface area contributed by atoms with Crippen molar-refractivity contribution < 1.29 is 19.1 Å². The summed E-state index contributed by atoms with van der Waals surface area (Å²) in [5.74, 6) is -0.379. The molecule has 0 saturated carbocycles. The second-order valence-corrected chi connectivity index (χ2v) is 5.54. The Morgan fingerprint density at radius 1 is 1.35 bits per heavy atom. The molecule has 2 rings (SSSR count). The summed E-state index contributed by atoms with van der Waals surface area (Å²) in [5, 5.41) is 16.0. The lowest BCUT2D eigenvalue weighted by Crippen LogP contribution is -2.22. The fraction of sp³-hybridized carbons (Fsp3) is 0.438. The lowest BCUT2D eigenvalue weighted by molar-refractivity contribution is -0.121. The molecule has 2 heterocycles. The molecule has 0 aromatic carbocycles. The minimum absolute atomic E-state index is 0.112. The number of carboxylic acid groups (broad SMARTS) is 1. The zero-order valence-corrected chi connectivity index (χ0v) is 13.8. The van der Waals surface area contributed by atoms with Gasteiger partial charge in [0.2, 0.25) is 5.91 Å². The number of carbonyl (C=O) groups is 2. The second kappa shape index (κ2) is 6.68. The Balaban J connectivity index is 1.88. The van der Waals surface area contributed by atoms with Crippen molar-refractivity contribution in [3.05, 3.63) is 40.1 Å². The number of carboxylic acids is 1. The van der Waals surface area contributed by atoms with E-state index in [4.69, 9.17) is 9.52 Å². The number of amides is 1. The molecule has 7 heteroatoms. The van der Waals surface area contributed by atoms with Crippen molar-refractivity contribution in [2.75, 3.05) is 0 Å². The highest BCUT2D eigenvalue weighted by atomic mass is 16.4. The maximum Gasteiger partial charge on any atom is 0.339 e. The molecular weight excluding hydrogens is 298 g/mol. The summed E-state index contributed by atoms with van der Waals surface area (Å²) in [6.07, 6.45) is 0.966. The Bertz CT molecular complexity index is 743. The molecule has 2 aromatic rings. The largest absolute Gasteiger partial charge is 0.478 e. The Kier molecular flexibility index (Phi) is 4.88. The van der Waals surface area contributed by atoms with E-state index in [0.29, 0.717) is 24.4 Å². The van der Waals surface area contributed by atoms with Gasteiger partial charge in [-0.2, -0.15) is 5.10 Å². The van der Waals surface area contributed by atoms with E-state index in [2.05, 4.69) is 10.4 Å². The summed E-state index contributed by atoms with van der Waals surface area (Å²) in [7, 11) is 1.88. The second-order valence-electron chi connectivity index (χ2n) is 5.54. The van der Waals surface area contributed by atoms with E-state index in [-0.39, 0.29) is 18.0 Å². The molecule has 0 bridgehead atoms. The quantitative estimate of drug-likeness (QED) is 0.847. The van der Waals surface area contributed by atoms with Crippen LogP contribution in [-0.2, 0) is 24.8 Å². The molecule has 0 aliphatic heterocycles. The number of furan rings is 1. The van der Waals surface area contributed by atoms with Crippen LogP contribution < -0.4 is 5.32 Å². The predicted octanol–water partition coefficient (Wildman–Crippen LogP) is 1.89. The van der Waals surface area contributed by atoms with Crippen LogP contribution in [0.5, 0.6) is 0 Å². The number of nitrogens with zero attached hydrogens (tertiary/aromatic N) is 2. The monoisotopic (exact) mass is 319 g/mol. The topological polar surface area (TPSA) is 97.4 Å². The molecule has 0 aliphatic carbocycles. The van der Waals surface area contributed by atoms with Gasteiger partial charge in [-0.05, 0) is 38.8 Å². The van der Waals surface area contributed by atoms with Gasteiger partial charge in [0.25, 0.3) is 0 Å². The molecule has 2 N–H and O–H groups in total. The van der Waals surface area contributed by atoms with Gasteiger partial charge in [-0.25, -0.2) is 4.79 Å².